The summed E-state index contributed by atoms with van der Waals surface area (Å²) in [5, 5.41) is 3.57. The van der Waals surface area contributed by atoms with E-state index in [9.17, 15) is 4.39 Å². The van der Waals surface area contributed by atoms with Crippen molar-refractivity contribution in [2.75, 3.05) is 13.6 Å². The van der Waals surface area contributed by atoms with Crippen LogP contribution in [0, 0.1) is 11.2 Å². The Morgan fingerprint density at radius 2 is 2.06 bits per heavy atom. The third kappa shape index (κ3) is 1.20. The Balaban J connectivity index is 1.85. The Morgan fingerprint density at radius 3 is 2.69 bits per heavy atom. The molecule has 1 nitrogen and oxygen atoms in total. The second-order valence-electron chi connectivity index (χ2n) is 5.44. The number of benzene rings is 1. The average Bonchev–Trinajstić information content (AvgIpc) is 2.14. The molecule has 0 amide bonds. The SMILES string of the molecule is CNCC12CC(c3cccc(F)c3Cl)(C1)C2. The molecule has 4 rings (SSSR count). The standard InChI is InChI=1S/C13H15ClFN/c1-16-8-12-5-13(6-12,7-12)9-3-2-4-10(15)11(9)14/h2-4,16H,5-8H2,1H3. The van der Waals surface area contributed by atoms with Crippen LogP contribution in [0.4, 0.5) is 4.39 Å². The molecule has 3 aliphatic rings. The van der Waals surface area contributed by atoms with Gasteiger partial charge in [0.1, 0.15) is 5.82 Å². The van der Waals surface area contributed by atoms with E-state index in [0.717, 1.165) is 31.4 Å². The summed E-state index contributed by atoms with van der Waals surface area (Å²) in [6.45, 7) is 1.07. The fourth-order valence-corrected chi connectivity index (χ4v) is 4.09. The smallest absolute Gasteiger partial charge is 0.142 e. The van der Waals surface area contributed by atoms with Gasteiger partial charge in [-0.1, -0.05) is 23.7 Å². The highest BCUT2D eigenvalue weighted by molar-refractivity contribution is 6.31. The summed E-state index contributed by atoms with van der Waals surface area (Å²) in [6, 6.07) is 5.18. The van der Waals surface area contributed by atoms with E-state index < -0.39 is 0 Å². The van der Waals surface area contributed by atoms with Crippen LogP contribution >= 0.6 is 11.6 Å². The lowest BCUT2D eigenvalue weighted by Crippen LogP contribution is -2.67. The monoisotopic (exact) mass is 239 g/mol. The molecular formula is C13H15ClFN. The topological polar surface area (TPSA) is 12.0 Å². The molecule has 3 fully saturated rings. The van der Waals surface area contributed by atoms with Crippen LogP contribution in [0.25, 0.3) is 0 Å². The lowest BCUT2D eigenvalue weighted by molar-refractivity contribution is -0.137. The zero-order valence-corrected chi connectivity index (χ0v) is 10.1. The third-order valence-corrected chi connectivity index (χ3v) is 4.60. The van der Waals surface area contributed by atoms with E-state index in [1.54, 1.807) is 6.07 Å². The molecule has 86 valence electrons. The van der Waals surface area contributed by atoms with Gasteiger partial charge in [-0.15, -0.1) is 0 Å². The van der Waals surface area contributed by atoms with Gasteiger partial charge in [-0.2, -0.15) is 0 Å². The molecule has 0 heterocycles. The molecule has 2 bridgehead atoms. The van der Waals surface area contributed by atoms with Crippen LogP contribution in [0.15, 0.2) is 18.2 Å². The molecule has 3 saturated carbocycles. The fraction of sp³-hybridized carbons (Fsp3) is 0.538. The van der Waals surface area contributed by atoms with Crippen LogP contribution in [-0.2, 0) is 5.41 Å². The van der Waals surface area contributed by atoms with E-state index in [4.69, 9.17) is 11.6 Å². The molecule has 0 atom stereocenters. The van der Waals surface area contributed by atoms with Crippen LogP contribution in [0.2, 0.25) is 5.02 Å². The predicted molar refractivity (Wildman–Crippen MR) is 63.3 cm³/mol. The van der Waals surface area contributed by atoms with E-state index in [-0.39, 0.29) is 11.2 Å². The van der Waals surface area contributed by atoms with E-state index in [1.165, 1.54) is 6.07 Å². The van der Waals surface area contributed by atoms with Gasteiger partial charge in [0.05, 0.1) is 5.02 Å². The quantitative estimate of drug-likeness (QED) is 0.855. The molecule has 0 aliphatic heterocycles. The molecule has 0 radical (unpaired) electrons. The van der Waals surface area contributed by atoms with E-state index >= 15 is 0 Å². The third-order valence-electron chi connectivity index (χ3n) is 4.21. The van der Waals surface area contributed by atoms with Gasteiger partial charge in [0.25, 0.3) is 0 Å². The maximum absolute atomic E-state index is 13.4. The van der Waals surface area contributed by atoms with Crippen LogP contribution in [0.1, 0.15) is 24.8 Å². The summed E-state index contributed by atoms with van der Waals surface area (Å²) in [4.78, 5) is 0. The number of hydrogen-bond donors (Lipinski definition) is 1. The molecule has 0 spiro atoms. The highest BCUT2D eigenvalue weighted by Gasteiger charge is 2.68. The van der Waals surface area contributed by atoms with Gasteiger partial charge < -0.3 is 5.32 Å². The minimum absolute atomic E-state index is 0.191. The van der Waals surface area contributed by atoms with Gasteiger partial charge in [-0.25, -0.2) is 4.39 Å². The molecule has 0 unspecified atom stereocenters. The summed E-state index contributed by atoms with van der Waals surface area (Å²) < 4.78 is 13.4. The number of hydrogen-bond acceptors (Lipinski definition) is 1. The van der Waals surface area contributed by atoms with E-state index in [2.05, 4.69) is 5.32 Å². The summed E-state index contributed by atoms with van der Waals surface area (Å²) in [5.41, 5.74) is 1.69. The Morgan fingerprint density at radius 1 is 1.38 bits per heavy atom. The van der Waals surface area contributed by atoms with Gasteiger partial charge in [0.15, 0.2) is 0 Å². The lowest BCUT2D eigenvalue weighted by Gasteiger charge is -2.71. The van der Waals surface area contributed by atoms with Crippen molar-refractivity contribution in [3.8, 4) is 0 Å². The maximum atomic E-state index is 13.4. The van der Waals surface area contributed by atoms with Crippen molar-refractivity contribution < 1.29 is 4.39 Å². The minimum atomic E-state index is -0.286. The number of rotatable bonds is 3. The summed E-state index contributed by atoms with van der Waals surface area (Å²) >= 11 is 6.05. The zero-order valence-electron chi connectivity index (χ0n) is 9.32. The number of halogens is 2. The first-order valence-corrected chi connectivity index (χ1v) is 6.08. The highest BCUT2D eigenvalue weighted by atomic mass is 35.5. The van der Waals surface area contributed by atoms with Gasteiger partial charge in [-0.3, -0.25) is 0 Å². The Hall–Kier alpha value is -0.600. The average molecular weight is 240 g/mol. The predicted octanol–water partition coefficient (Wildman–Crippen LogP) is 3.12. The minimum Gasteiger partial charge on any atom is -0.319 e. The summed E-state index contributed by atoms with van der Waals surface area (Å²) in [5.74, 6) is -0.286. The van der Waals surface area contributed by atoms with E-state index in [0.29, 0.717) is 10.4 Å². The first kappa shape index (κ1) is 10.5. The Labute approximate surface area is 100.0 Å². The molecule has 3 aliphatic carbocycles. The van der Waals surface area contributed by atoms with Crippen molar-refractivity contribution in [3.05, 3.63) is 34.6 Å². The Bertz CT molecular complexity index is 424. The lowest BCUT2D eigenvalue weighted by atomic mass is 9.33. The van der Waals surface area contributed by atoms with Crippen molar-refractivity contribution >= 4 is 11.6 Å². The van der Waals surface area contributed by atoms with Crippen LogP contribution < -0.4 is 5.32 Å². The molecule has 1 aromatic carbocycles. The molecule has 1 N–H and O–H groups in total. The normalized spacial score (nSPS) is 35.4. The van der Waals surface area contributed by atoms with Gasteiger partial charge in [-0.05, 0) is 48.8 Å². The van der Waals surface area contributed by atoms with Crippen molar-refractivity contribution in [3.63, 3.8) is 0 Å². The molecule has 3 heteroatoms. The molecule has 0 aromatic heterocycles. The molecular weight excluding hydrogens is 225 g/mol. The highest BCUT2D eigenvalue weighted by Crippen LogP contribution is 2.73. The zero-order chi connectivity index (χ0) is 11.4. The Kier molecular flexibility index (Phi) is 2.11. The van der Waals surface area contributed by atoms with Crippen LogP contribution in [0.3, 0.4) is 0 Å². The molecule has 1 aromatic rings. The largest absolute Gasteiger partial charge is 0.319 e. The van der Waals surface area contributed by atoms with Crippen LogP contribution in [-0.4, -0.2) is 13.6 Å². The summed E-state index contributed by atoms with van der Waals surface area (Å²) in [6.07, 6.45) is 3.47. The van der Waals surface area contributed by atoms with Gasteiger partial charge >= 0.3 is 0 Å². The fourth-order valence-electron chi connectivity index (χ4n) is 3.76. The van der Waals surface area contributed by atoms with Crippen molar-refractivity contribution in [2.24, 2.45) is 5.41 Å². The second kappa shape index (κ2) is 3.21. The van der Waals surface area contributed by atoms with Crippen molar-refractivity contribution in [2.45, 2.75) is 24.7 Å². The van der Waals surface area contributed by atoms with Crippen LogP contribution in [0.5, 0.6) is 0 Å². The molecule has 0 saturated heterocycles. The van der Waals surface area contributed by atoms with E-state index in [1.807, 2.05) is 13.1 Å². The molecule has 16 heavy (non-hydrogen) atoms. The van der Waals surface area contributed by atoms with Crippen molar-refractivity contribution in [1.82, 2.24) is 5.32 Å². The van der Waals surface area contributed by atoms with Gasteiger partial charge in [0, 0.05) is 6.54 Å². The number of nitrogens with one attached hydrogen (secondary N) is 1. The first-order valence-electron chi connectivity index (χ1n) is 5.70. The maximum Gasteiger partial charge on any atom is 0.142 e. The van der Waals surface area contributed by atoms with Crippen molar-refractivity contribution in [1.29, 1.82) is 0 Å². The van der Waals surface area contributed by atoms with Gasteiger partial charge in [0.2, 0.25) is 0 Å². The first-order chi connectivity index (χ1) is 7.61. The summed E-state index contributed by atoms with van der Waals surface area (Å²) in [7, 11) is 1.99. The second-order valence-corrected chi connectivity index (χ2v) is 5.82.